The van der Waals surface area contributed by atoms with Crippen molar-refractivity contribution in [1.82, 2.24) is 9.55 Å². The van der Waals surface area contributed by atoms with Crippen LogP contribution in [0.1, 0.15) is 11.1 Å². The first kappa shape index (κ1) is 18.5. The first-order chi connectivity index (χ1) is 12.9. The molecule has 0 fully saturated rings. The zero-order valence-electron chi connectivity index (χ0n) is 14.6. The highest BCUT2D eigenvalue weighted by molar-refractivity contribution is 5.57. The largest absolute Gasteiger partial charge is 0.856 e. The number of aryl methyl sites for hydroxylation is 1. The predicted octanol–water partition coefficient (Wildman–Crippen LogP) is 3.00. The highest BCUT2D eigenvalue weighted by Crippen LogP contribution is 2.22. The van der Waals surface area contributed by atoms with E-state index < -0.39 is 23.3 Å². The second-order valence-electron chi connectivity index (χ2n) is 5.93. The van der Waals surface area contributed by atoms with Gasteiger partial charge in [0.15, 0.2) is 11.6 Å². The summed E-state index contributed by atoms with van der Waals surface area (Å²) in [7, 11) is 1.75. The van der Waals surface area contributed by atoms with Crippen LogP contribution in [0.15, 0.2) is 47.6 Å². The van der Waals surface area contributed by atoms with E-state index in [-0.39, 0.29) is 12.2 Å². The molecular formula is C19H16F3N4O-. The first-order valence-corrected chi connectivity index (χ1v) is 8.08. The number of benzene rings is 2. The maximum Gasteiger partial charge on any atom is 0.229 e. The SMILES string of the molecule is CNc1ccc(C)c(N=c2nc([O-])c(F)cn2Cc2ccc(F)c(F)c2)c1. The molecule has 5 nitrogen and oxygen atoms in total. The van der Waals surface area contributed by atoms with Gasteiger partial charge in [-0.25, -0.2) is 23.1 Å². The molecule has 0 saturated carbocycles. The number of hydrogen-bond donors (Lipinski definition) is 1. The fraction of sp³-hybridized carbons (Fsp3) is 0.158. The van der Waals surface area contributed by atoms with Gasteiger partial charge in [0.25, 0.3) is 0 Å². The van der Waals surface area contributed by atoms with E-state index in [0.717, 1.165) is 29.6 Å². The van der Waals surface area contributed by atoms with Gasteiger partial charge in [-0.05, 0) is 42.3 Å². The Morgan fingerprint density at radius 1 is 1.07 bits per heavy atom. The van der Waals surface area contributed by atoms with Crippen molar-refractivity contribution in [1.29, 1.82) is 0 Å². The minimum Gasteiger partial charge on any atom is -0.856 e. The average molecular weight is 373 g/mol. The molecule has 0 amide bonds. The Morgan fingerprint density at radius 3 is 2.56 bits per heavy atom. The lowest BCUT2D eigenvalue weighted by Crippen LogP contribution is -2.27. The van der Waals surface area contributed by atoms with Gasteiger partial charge in [-0.2, -0.15) is 0 Å². The number of halogens is 3. The van der Waals surface area contributed by atoms with Crippen LogP contribution in [-0.4, -0.2) is 16.6 Å². The van der Waals surface area contributed by atoms with Gasteiger partial charge in [0.2, 0.25) is 5.62 Å². The number of nitrogens with one attached hydrogen (secondary N) is 1. The zero-order valence-corrected chi connectivity index (χ0v) is 14.6. The molecule has 1 heterocycles. The molecule has 0 aliphatic rings. The van der Waals surface area contributed by atoms with Gasteiger partial charge < -0.3 is 15.0 Å². The van der Waals surface area contributed by atoms with Crippen molar-refractivity contribution in [3.05, 3.63) is 76.8 Å². The van der Waals surface area contributed by atoms with E-state index in [1.807, 2.05) is 19.1 Å². The van der Waals surface area contributed by atoms with Gasteiger partial charge >= 0.3 is 0 Å². The maximum absolute atomic E-state index is 13.8. The molecule has 0 saturated heterocycles. The molecule has 0 radical (unpaired) electrons. The Kier molecular flexibility index (Phi) is 5.16. The standard InChI is InChI=1S/C19H17F3N4O/c1-11-3-5-13(23-2)8-17(11)24-19-25-18(27)16(22)10-26(19)9-12-4-6-14(20)15(21)7-12/h3-8,10,23H,9H2,1-2H3,(H,24,25,27)/p-1. The van der Waals surface area contributed by atoms with Crippen LogP contribution in [-0.2, 0) is 6.54 Å². The van der Waals surface area contributed by atoms with Crippen molar-refractivity contribution < 1.29 is 18.3 Å². The van der Waals surface area contributed by atoms with Crippen molar-refractivity contribution in [3.63, 3.8) is 0 Å². The highest BCUT2D eigenvalue weighted by atomic mass is 19.2. The molecule has 27 heavy (non-hydrogen) atoms. The topological polar surface area (TPSA) is 65.3 Å². The quantitative estimate of drug-likeness (QED) is 0.765. The smallest absolute Gasteiger partial charge is 0.229 e. The van der Waals surface area contributed by atoms with E-state index in [4.69, 9.17) is 0 Å². The van der Waals surface area contributed by atoms with Crippen molar-refractivity contribution in [2.45, 2.75) is 13.5 Å². The normalized spacial score (nSPS) is 11.7. The van der Waals surface area contributed by atoms with Gasteiger partial charge in [0.1, 0.15) is 5.82 Å². The Morgan fingerprint density at radius 2 is 1.85 bits per heavy atom. The summed E-state index contributed by atoms with van der Waals surface area (Å²) in [5, 5.41) is 14.6. The van der Waals surface area contributed by atoms with E-state index in [1.54, 1.807) is 13.1 Å². The average Bonchev–Trinajstić information content (AvgIpc) is 2.64. The summed E-state index contributed by atoms with van der Waals surface area (Å²) in [6.07, 6.45) is 0.951. The minimum atomic E-state index is -1.06. The van der Waals surface area contributed by atoms with Crippen LogP contribution in [0, 0.1) is 24.4 Å². The number of rotatable bonds is 4. The van der Waals surface area contributed by atoms with Crippen LogP contribution < -0.4 is 16.0 Å². The lowest BCUT2D eigenvalue weighted by atomic mass is 10.2. The van der Waals surface area contributed by atoms with E-state index >= 15 is 0 Å². The van der Waals surface area contributed by atoms with Gasteiger partial charge in [-0.1, -0.05) is 12.1 Å². The molecule has 0 atom stereocenters. The van der Waals surface area contributed by atoms with E-state index in [9.17, 15) is 18.3 Å². The third kappa shape index (κ3) is 4.11. The summed E-state index contributed by atoms with van der Waals surface area (Å²) in [5.41, 5.74) is 2.50. The summed E-state index contributed by atoms with van der Waals surface area (Å²) in [6.45, 7) is 1.80. The van der Waals surface area contributed by atoms with Crippen LogP contribution in [0.4, 0.5) is 24.5 Å². The Balaban J connectivity index is 2.12. The van der Waals surface area contributed by atoms with Crippen molar-refractivity contribution in [3.8, 4) is 5.88 Å². The Hall–Kier alpha value is -3.29. The number of anilines is 1. The monoisotopic (exact) mass is 373 g/mol. The zero-order chi connectivity index (χ0) is 19.6. The fourth-order valence-electron chi connectivity index (χ4n) is 2.49. The molecule has 3 rings (SSSR count). The number of aromatic nitrogens is 2. The van der Waals surface area contributed by atoms with E-state index in [0.29, 0.717) is 11.3 Å². The summed E-state index contributed by atoms with van der Waals surface area (Å²) < 4.78 is 41.6. The molecule has 8 heteroatoms. The fourth-order valence-corrected chi connectivity index (χ4v) is 2.49. The molecule has 2 aromatic carbocycles. The molecular weight excluding hydrogens is 357 g/mol. The summed E-state index contributed by atoms with van der Waals surface area (Å²) >= 11 is 0. The summed E-state index contributed by atoms with van der Waals surface area (Å²) in [4.78, 5) is 8.04. The van der Waals surface area contributed by atoms with Gasteiger partial charge in [0.05, 0.1) is 12.2 Å². The molecule has 0 bridgehead atoms. The number of nitrogens with zero attached hydrogens (tertiary/aromatic N) is 3. The van der Waals surface area contributed by atoms with E-state index in [2.05, 4.69) is 15.3 Å². The van der Waals surface area contributed by atoms with Gasteiger partial charge in [-0.3, -0.25) is 0 Å². The third-order valence-electron chi connectivity index (χ3n) is 3.99. The molecule has 0 unspecified atom stereocenters. The van der Waals surface area contributed by atoms with Crippen LogP contribution in [0.25, 0.3) is 0 Å². The molecule has 0 aliphatic heterocycles. The Labute approximate surface area is 153 Å². The molecule has 140 valence electrons. The second kappa shape index (κ2) is 7.53. The van der Waals surface area contributed by atoms with Crippen LogP contribution >= 0.6 is 0 Å². The highest BCUT2D eigenvalue weighted by Gasteiger charge is 2.07. The minimum absolute atomic E-state index is 0.0367. The van der Waals surface area contributed by atoms with Gasteiger partial charge in [-0.15, -0.1) is 0 Å². The van der Waals surface area contributed by atoms with Gasteiger partial charge in [0, 0.05) is 24.8 Å². The van der Waals surface area contributed by atoms with Crippen molar-refractivity contribution in [2.24, 2.45) is 4.99 Å². The van der Waals surface area contributed by atoms with Crippen molar-refractivity contribution >= 4 is 11.4 Å². The maximum atomic E-state index is 13.8. The second-order valence-corrected chi connectivity index (χ2v) is 5.93. The lowest BCUT2D eigenvalue weighted by Gasteiger charge is -2.13. The number of hydrogen-bond acceptors (Lipinski definition) is 4. The van der Waals surface area contributed by atoms with Crippen LogP contribution in [0.3, 0.4) is 0 Å². The van der Waals surface area contributed by atoms with E-state index in [1.165, 1.54) is 10.6 Å². The van der Waals surface area contributed by atoms with Crippen LogP contribution in [0.2, 0.25) is 0 Å². The first-order valence-electron chi connectivity index (χ1n) is 8.08. The summed E-state index contributed by atoms with van der Waals surface area (Å²) in [6, 6.07) is 8.81. The molecule has 3 aromatic rings. The molecule has 0 aliphatic carbocycles. The third-order valence-corrected chi connectivity index (χ3v) is 3.99. The summed E-state index contributed by atoms with van der Waals surface area (Å²) in [5.74, 6) is -4.10. The molecule has 1 aromatic heterocycles. The molecule has 1 N–H and O–H groups in total. The lowest BCUT2D eigenvalue weighted by molar-refractivity contribution is -0.279. The van der Waals surface area contributed by atoms with Crippen molar-refractivity contribution in [2.75, 3.05) is 12.4 Å². The Bertz CT molecular complexity index is 1060. The molecule has 0 spiro atoms. The van der Waals surface area contributed by atoms with Crippen LogP contribution in [0.5, 0.6) is 5.88 Å². The predicted molar refractivity (Wildman–Crippen MR) is 93.0 cm³/mol.